The summed E-state index contributed by atoms with van der Waals surface area (Å²) in [7, 11) is 1.05. The van der Waals surface area contributed by atoms with Gasteiger partial charge in [0.1, 0.15) is 23.4 Å². The molecule has 40 heavy (non-hydrogen) atoms. The largest absolute Gasteiger partial charge is 0.473 e. The first kappa shape index (κ1) is 27.4. The first-order valence-corrected chi connectivity index (χ1v) is 12.4. The molecule has 0 aromatic heterocycles. The van der Waals surface area contributed by atoms with Crippen molar-refractivity contribution in [3.8, 4) is 5.75 Å². The van der Waals surface area contributed by atoms with Gasteiger partial charge in [-0.3, -0.25) is 24.1 Å². The summed E-state index contributed by atoms with van der Waals surface area (Å²) in [6.45, 7) is 7.10. The lowest BCUT2D eigenvalue weighted by Crippen LogP contribution is -2.56. The Labute approximate surface area is 225 Å². The molecule has 1 saturated carbocycles. The second-order valence-electron chi connectivity index (χ2n) is 10.3. The van der Waals surface area contributed by atoms with Crippen LogP contribution >= 0.6 is 0 Å². The number of amides is 3. The number of halogens is 5. The van der Waals surface area contributed by atoms with Crippen molar-refractivity contribution in [2.24, 2.45) is 5.92 Å². The molecule has 3 atom stereocenters. The van der Waals surface area contributed by atoms with E-state index in [0.29, 0.717) is 11.0 Å². The van der Waals surface area contributed by atoms with E-state index >= 15 is 8.78 Å². The average Bonchev–Trinajstić information content (AvgIpc) is 3.66. The highest BCUT2D eigenvalue weighted by Crippen LogP contribution is 2.43. The first-order valence-electron chi connectivity index (χ1n) is 12.4. The van der Waals surface area contributed by atoms with Crippen molar-refractivity contribution >= 4 is 23.4 Å². The number of carbonyl (C=O) groups is 3. The summed E-state index contributed by atoms with van der Waals surface area (Å²) in [6.07, 6.45) is -0.154. The van der Waals surface area contributed by atoms with E-state index in [2.05, 4.69) is 10.2 Å². The predicted molar refractivity (Wildman–Crippen MR) is 129 cm³/mol. The van der Waals surface area contributed by atoms with Gasteiger partial charge in [0, 0.05) is 24.7 Å². The molecule has 2 fully saturated rings. The van der Waals surface area contributed by atoms with Crippen LogP contribution in [0.4, 0.5) is 27.6 Å². The number of alkyl halides is 2. The quantitative estimate of drug-likeness (QED) is 0.425. The van der Waals surface area contributed by atoms with E-state index in [4.69, 9.17) is 11.3 Å². The highest BCUT2D eigenvalue weighted by molar-refractivity contribution is 6.02. The number of benzene rings is 2. The maximum absolute atomic E-state index is 15.2. The maximum Gasteiger partial charge on any atom is 0.349 e. The first-order chi connectivity index (χ1) is 18.9. The fourth-order valence-electron chi connectivity index (χ4n) is 5.10. The molecule has 1 spiro atoms. The minimum atomic E-state index is -4.08. The van der Waals surface area contributed by atoms with Gasteiger partial charge >= 0.3 is 12.1 Å². The number of likely N-dealkylation sites (tertiary alicyclic amines) is 1. The van der Waals surface area contributed by atoms with Gasteiger partial charge in [0.05, 0.1) is 13.0 Å². The van der Waals surface area contributed by atoms with E-state index in [0.717, 1.165) is 55.1 Å². The Morgan fingerprint density at radius 2 is 1.88 bits per heavy atom. The molecule has 2 aliphatic heterocycles. The molecule has 1 saturated heterocycles. The van der Waals surface area contributed by atoms with Crippen molar-refractivity contribution in [1.29, 1.82) is 0 Å². The molecule has 3 amide bonds. The Hall–Kier alpha value is -4.21. The fourth-order valence-corrected chi connectivity index (χ4v) is 5.10. The lowest BCUT2D eigenvalue weighted by Gasteiger charge is -2.35. The lowest BCUT2D eigenvalue weighted by molar-refractivity contribution is -0.164. The number of rotatable bonds is 6. The average molecular weight is 562 g/mol. The Balaban J connectivity index is 1.42. The number of ether oxygens (including phenoxy) is 1. The smallest absolute Gasteiger partial charge is 0.349 e. The van der Waals surface area contributed by atoms with Crippen LogP contribution in [0.15, 0.2) is 36.4 Å². The van der Waals surface area contributed by atoms with Crippen LogP contribution in [0, 0.1) is 29.9 Å². The molecule has 5 rings (SSSR count). The van der Waals surface area contributed by atoms with Crippen LogP contribution in [-0.2, 0) is 20.3 Å². The zero-order valence-corrected chi connectivity index (χ0v) is 21.1. The Bertz CT molecular complexity index is 1430. The molecule has 0 unspecified atom stereocenters. The zero-order valence-electron chi connectivity index (χ0n) is 21.1. The number of nitrogens with one attached hydrogen (secondary N) is 1. The molecule has 2 aromatic carbocycles. The van der Waals surface area contributed by atoms with Crippen molar-refractivity contribution in [3.05, 3.63) is 70.8 Å². The number of carbonyl (C=O) groups excluding carboxylic acids is 3. The molecule has 1 N–H and O–H groups in total. The standard InChI is InChI=1S/C27H23F5N4O4/c1-33-21-12-26(24(38)34-22-18(30)10-17(29)11-20(22)40-26)13-36(21)23(37)19(9-14-3-4-14)35(2)25(39)27(31,32)15-5-7-16(28)8-6-15/h5-8,10-11,14,19,21H,3-4,9,12-13H2,2H3,(H,34,38)/t19-,21-,26+/m0/s1. The third-order valence-electron chi connectivity index (χ3n) is 7.51. The predicted octanol–water partition coefficient (Wildman–Crippen LogP) is 4.07. The Morgan fingerprint density at radius 1 is 1.20 bits per heavy atom. The molecule has 210 valence electrons. The normalized spacial score (nSPS) is 22.7. The molecule has 0 bridgehead atoms. The second-order valence-corrected chi connectivity index (χ2v) is 10.3. The van der Waals surface area contributed by atoms with Crippen molar-refractivity contribution in [3.63, 3.8) is 0 Å². The molecular weight excluding hydrogens is 539 g/mol. The number of anilines is 1. The summed E-state index contributed by atoms with van der Waals surface area (Å²) in [4.78, 5) is 44.9. The molecule has 8 nitrogen and oxygen atoms in total. The summed E-state index contributed by atoms with van der Waals surface area (Å²) in [5.74, 6) is -10.6. The SMILES string of the molecule is [C-]#[N+][C@@H]1C[C@]2(CN1C(=O)[C@H](CC1CC1)N(C)C(=O)C(F)(F)c1ccc(F)cc1)Oc1cc(F)cc(F)c1NC2=O. The van der Waals surface area contributed by atoms with E-state index in [9.17, 15) is 27.6 Å². The number of likely N-dealkylation sites (N-methyl/N-ethyl adjacent to an activating group) is 1. The monoisotopic (exact) mass is 562 g/mol. The van der Waals surface area contributed by atoms with Crippen molar-refractivity contribution < 1.29 is 41.1 Å². The van der Waals surface area contributed by atoms with Gasteiger partial charge in [0.2, 0.25) is 5.60 Å². The van der Waals surface area contributed by atoms with Gasteiger partial charge in [-0.25, -0.2) is 19.7 Å². The van der Waals surface area contributed by atoms with Gasteiger partial charge in [-0.2, -0.15) is 8.78 Å². The van der Waals surface area contributed by atoms with Crippen molar-refractivity contribution in [1.82, 2.24) is 9.80 Å². The van der Waals surface area contributed by atoms with E-state index in [1.54, 1.807) is 0 Å². The number of hydrogen-bond acceptors (Lipinski definition) is 4. The van der Waals surface area contributed by atoms with Crippen LogP contribution in [-0.4, -0.2) is 58.9 Å². The van der Waals surface area contributed by atoms with Crippen LogP contribution in [0.3, 0.4) is 0 Å². The minimum Gasteiger partial charge on any atom is -0.473 e. The second kappa shape index (κ2) is 9.76. The van der Waals surface area contributed by atoms with Crippen LogP contribution in [0.2, 0.25) is 0 Å². The summed E-state index contributed by atoms with van der Waals surface area (Å²) in [5, 5.41) is 2.31. The van der Waals surface area contributed by atoms with E-state index in [1.165, 1.54) is 0 Å². The summed E-state index contributed by atoms with van der Waals surface area (Å²) in [5.41, 5.74) is -3.02. The molecule has 2 heterocycles. The Morgan fingerprint density at radius 3 is 2.50 bits per heavy atom. The van der Waals surface area contributed by atoms with Gasteiger partial charge in [-0.1, -0.05) is 12.8 Å². The summed E-state index contributed by atoms with van der Waals surface area (Å²) in [6, 6.07) is 3.15. The third kappa shape index (κ3) is 4.71. The molecular formula is C27H23F5N4O4. The topological polar surface area (TPSA) is 83.3 Å². The van der Waals surface area contributed by atoms with Crippen LogP contribution in [0.5, 0.6) is 5.75 Å². The van der Waals surface area contributed by atoms with Crippen LogP contribution < -0.4 is 10.1 Å². The van der Waals surface area contributed by atoms with E-state index < -0.39 is 71.0 Å². The number of fused-ring (bicyclic) bond motifs is 1. The molecule has 1 aliphatic carbocycles. The number of hydrogen-bond donors (Lipinski definition) is 1. The van der Waals surface area contributed by atoms with E-state index in [-0.39, 0.29) is 30.2 Å². The van der Waals surface area contributed by atoms with E-state index in [1.807, 2.05) is 0 Å². The number of nitrogens with zero attached hydrogens (tertiary/aromatic N) is 3. The van der Waals surface area contributed by atoms with Gasteiger partial charge in [-0.05, 0) is 36.6 Å². The van der Waals surface area contributed by atoms with Crippen LogP contribution in [0.25, 0.3) is 4.85 Å². The van der Waals surface area contributed by atoms with Gasteiger partial charge in [0.25, 0.3) is 17.7 Å². The van der Waals surface area contributed by atoms with Crippen molar-refractivity contribution in [2.75, 3.05) is 18.9 Å². The molecule has 13 heteroatoms. The summed E-state index contributed by atoms with van der Waals surface area (Å²) < 4.78 is 77.3. The van der Waals surface area contributed by atoms with Gasteiger partial charge < -0.3 is 15.0 Å². The van der Waals surface area contributed by atoms with Gasteiger partial charge in [-0.15, -0.1) is 0 Å². The highest BCUT2D eigenvalue weighted by Gasteiger charge is 2.60. The zero-order chi connectivity index (χ0) is 29.0. The van der Waals surface area contributed by atoms with Gasteiger partial charge in [0.15, 0.2) is 11.6 Å². The highest BCUT2D eigenvalue weighted by atomic mass is 19.3. The van der Waals surface area contributed by atoms with Crippen LogP contribution in [0.1, 0.15) is 31.2 Å². The maximum atomic E-state index is 15.2. The molecule has 3 aliphatic rings. The molecule has 0 radical (unpaired) electrons. The molecule has 2 aromatic rings. The summed E-state index contributed by atoms with van der Waals surface area (Å²) >= 11 is 0. The minimum absolute atomic E-state index is 0.0151. The fraction of sp³-hybridized carbons (Fsp3) is 0.407. The van der Waals surface area contributed by atoms with Crippen molar-refractivity contribution in [2.45, 2.75) is 49.4 Å². The Kier molecular flexibility index (Phi) is 6.68. The lowest BCUT2D eigenvalue weighted by atomic mass is 9.98. The third-order valence-corrected chi connectivity index (χ3v) is 7.51.